The van der Waals surface area contributed by atoms with Crippen molar-refractivity contribution < 1.29 is 30.0 Å². The van der Waals surface area contributed by atoms with Gasteiger partial charge in [0.2, 0.25) is 0 Å². The van der Waals surface area contributed by atoms with E-state index in [0.717, 1.165) is 48.7 Å². The number of hydrogen-bond acceptors (Lipinski definition) is 4. The van der Waals surface area contributed by atoms with Crippen molar-refractivity contribution in [3.63, 3.8) is 0 Å². The number of pyridine rings is 1. The van der Waals surface area contributed by atoms with E-state index in [9.17, 15) is 9.90 Å². The molecule has 5 heteroatoms. The summed E-state index contributed by atoms with van der Waals surface area (Å²) in [6.07, 6.45) is 7.92. The van der Waals surface area contributed by atoms with Gasteiger partial charge < -0.3 is 5.11 Å². The summed E-state index contributed by atoms with van der Waals surface area (Å²) < 4.78 is 1.33. The first-order chi connectivity index (χ1) is 23.2. The van der Waals surface area contributed by atoms with Crippen molar-refractivity contribution >= 4 is 38.0 Å². The summed E-state index contributed by atoms with van der Waals surface area (Å²) in [4.78, 5) is 17.7. The fourth-order valence-corrected chi connectivity index (χ4v) is 7.50. The number of fused-ring (bicyclic) bond motifs is 2. The zero-order valence-corrected chi connectivity index (χ0v) is 35.0. The second kappa shape index (κ2) is 17.9. The number of aliphatic hydroxyl groups excluding tert-OH is 1. The largest absolute Gasteiger partial charge is 0.512 e. The number of aromatic nitrogens is 1. The summed E-state index contributed by atoms with van der Waals surface area (Å²) in [7, 11) is 0. The molecule has 0 spiro atoms. The Morgan fingerprint density at radius 3 is 2.14 bits per heavy atom. The van der Waals surface area contributed by atoms with Crippen molar-refractivity contribution in [3.8, 4) is 21.7 Å². The van der Waals surface area contributed by atoms with Crippen LogP contribution in [-0.4, -0.2) is 15.9 Å². The summed E-state index contributed by atoms with van der Waals surface area (Å²) in [5.41, 5.74) is 6.30. The average molecular weight is 867 g/mol. The Morgan fingerprint density at radius 2 is 1.52 bits per heavy atom. The maximum Gasteiger partial charge on any atom is 0.162 e. The van der Waals surface area contributed by atoms with Gasteiger partial charge in [0.05, 0.1) is 5.76 Å². The van der Waals surface area contributed by atoms with Crippen molar-refractivity contribution in [2.24, 2.45) is 17.3 Å². The molecule has 50 heavy (non-hydrogen) atoms. The SMILES string of the molecule is CC(C)(C)Cc1ccc2sc(-c3ccnc(-c4[c-]c5ccccc5c(C(C)(C)C)c4)c3)cc2c1.CCC(CC)C(=O)/C=C(\O)C(CC)CC.[Ir]. The Kier molecular flexibility index (Phi) is 14.8. The molecule has 0 saturated carbocycles. The molecule has 0 fully saturated rings. The van der Waals surface area contributed by atoms with Crippen LogP contribution in [0.5, 0.6) is 0 Å². The molecule has 3 aromatic carbocycles. The van der Waals surface area contributed by atoms with Gasteiger partial charge in [0, 0.05) is 59.5 Å². The maximum absolute atomic E-state index is 11.7. The van der Waals surface area contributed by atoms with Crippen molar-refractivity contribution in [2.45, 2.75) is 107 Å². The molecule has 1 radical (unpaired) electrons. The monoisotopic (exact) mass is 867 g/mol. The summed E-state index contributed by atoms with van der Waals surface area (Å²) in [6, 6.07) is 28.0. The number of benzene rings is 3. The molecule has 5 rings (SSSR count). The first-order valence-electron chi connectivity index (χ1n) is 18.1. The van der Waals surface area contributed by atoms with Gasteiger partial charge in [-0.25, -0.2) is 0 Å². The van der Waals surface area contributed by atoms with E-state index >= 15 is 0 Å². The van der Waals surface area contributed by atoms with Crippen LogP contribution in [0.4, 0.5) is 0 Å². The Labute approximate surface area is 319 Å². The summed E-state index contributed by atoms with van der Waals surface area (Å²) in [6.45, 7) is 21.8. The van der Waals surface area contributed by atoms with Crippen LogP contribution in [0.25, 0.3) is 42.6 Å². The molecule has 2 aromatic heterocycles. The quantitative estimate of drug-likeness (QED) is 0.0864. The molecule has 0 aliphatic carbocycles. The first kappa shape index (κ1) is 41.3. The van der Waals surface area contributed by atoms with Gasteiger partial charge in [-0.2, -0.15) is 0 Å². The van der Waals surface area contributed by atoms with Crippen LogP contribution in [0, 0.1) is 23.3 Å². The van der Waals surface area contributed by atoms with Gasteiger partial charge in [0.1, 0.15) is 0 Å². The Bertz CT molecular complexity index is 1900. The maximum atomic E-state index is 11.7. The van der Waals surface area contributed by atoms with Gasteiger partial charge in [-0.3, -0.25) is 9.78 Å². The van der Waals surface area contributed by atoms with Gasteiger partial charge >= 0.3 is 0 Å². The summed E-state index contributed by atoms with van der Waals surface area (Å²) in [5.74, 6) is 0.547. The molecule has 0 saturated heterocycles. The second-order valence-corrected chi connectivity index (χ2v) is 16.6. The normalized spacial score (nSPS) is 12.3. The van der Waals surface area contributed by atoms with E-state index in [-0.39, 0.29) is 54.3 Å². The van der Waals surface area contributed by atoms with Crippen molar-refractivity contribution in [1.82, 2.24) is 4.98 Å². The van der Waals surface area contributed by atoms with Gasteiger partial charge in [0.25, 0.3) is 0 Å². The average Bonchev–Trinajstić information content (AvgIpc) is 3.48. The third kappa shape index (κ3) is 10.7. The number of thiophene rings is 1. The van der Waals surface area contributed by atoms with Crippen LogP contribution >= 0.6 is 11.3 Å². The number of hydrogen-bond donors (Lipinski definition) is 1. The number of ketones is 1. The van der Waals surface area contributed by atoms with Crippen LogP contribution in [0.1, 0.15) is 106 Å². The van der Waals surface area contributed by atoms with E-state index in [0.29, 0.717) is 0 Å². The Morgan fingerprint density at radius 1 is 0.860 bits per heavy atom. The Balaban J connectivity index is 0.000000361. The molecule has 3 nitrogen and oxygen atoms in total. The number of rotatable bonds is 10. The molecule has 0 unspecified atom stereocenters. The summed E-state index contributed by atoms with van der Waals surface area (Å²) >= 11 is 1.85. The van der Waals surface area contributed by atoms with E-state index in [1.807, 2.05) is 45.2 Å². The molecule has 269 valence electrons. The second-order valence-electron chi connectivity index (χ2n) is 15.5. The van der Waals surface area contributed by atoms with Gasteiger partial charge in [-0.15, -0.1) is 40.5 Å². The minimum Gasteiger partial charge on any atom is -0.512 e. The van der Waals surface area contributed by atoms with Crippen LogP contribution < -0.4 is 0 Å². The van der Waals surface area contributed by atoms with Gasteiger partial charge in [-0.1, -0.05) is 117 Å². The minimum absolute atomic E-state index is 0. The molecule has 0 bridgehead atoms. The van der Waals surface area contributed by atoms with Crippen LogP contribution in [0.3, 0.4) is 0 Å². The van der Waals surface area contributed by atoms with Gasteiger partial charge in [0.15, 0.2) is 5.78 Å². The number of nitrogens with zero attached hydrogens (tertiary/aromatic N) is 1. The molecular weight excluding hydrogens is 811 g/mol. The van der Waals surface area contributed by atoms with Crippen molar-refractivity contribution in [3.05, 3.63) is 102 Å². The van der Waals surface area contributed by atoms with E-state index in [1.54, 1.807) is 0 Å². The molecule has 2 heterocycles. The third-order valence-electron chi connectivity index (χ3n) is 9.30. The smallest absolute Gasteiger partial charge is 0.162 e. The molecular formula is C45H56IrNO2S-. The molecule has 0 atom stereocenters. The van der Waals surface area contributed by atoms with E-state index < -0.39 is 0 Å². The molecule has 0 amide bonds. The van der Waals surface area contributed by atoms with E-state index in [4.69, 9.17) is 4.98 Å². The van der Waals surface area contributed by atoms with E-state index in [2.05, 4.69) is 114 Å². The van der Waals surface area contributed by atoms with Crippen LogP contribution in [0.15, 0.2) is 84.8 Å². The molecule has 5 aromatic rings. The fourth-order valence-electron chi connectivity index (χ4n) is 6.46. The summed E-state index contributed by atoms with van der Waals surface area (Å²) in [5, 5.41) is 13.5. The minimum atomic E-state index is 0. The number of carbonyl (C=O) groups is 1. The zero-order chi connectivity index (χ0) is 35.9. The topological polar surface area (TPSA) is 50.2 Å². The third-order valence-corrected chi connectivity index (χ3v) is 10.5. The predicted octanol–water partition coefficient (Wildman–Crippen LogP) is 13.3. The Hall–Kier alpha value is -3.11. The van der Waals surface area contributed by atoms with Crippen LogP contribution in [0.2, 0.25) is 0 Å². The number of allylic oxidation sites excluding steroid dienone is 2. The van der Waals surface area contributed by atoms with Crippen molar-refractivity contribution in [2.75, 3.05) is 0 Å². The molecule has 0 aliphatic heterocycles. The van der Waals surface area contributed by atoms with E-state index in [1.165, 1.54) is 43.1 Å². The van der Waals surface area contributed by atoms with Crippen molar-refractivity contribution in [1.29, 1.82) is 0 Å². The van der Waals surface area contributed by atoms with Gasteiger partial charge in [-0.05, 0) is 77.6 Å². The first-order valence-corrected chi connectivity index (χ1v) is 18.9. The number of carbonyl (C=O) groups excluding carboxylic acids is 1. The molecule has 1 N–H and O–H groups in total. The molecule has 0 aliphatic rings. The predicted molar refractivity (Wildman–Crippen MR) is 213 cm³/mol. The van der Waals surface area contributed by atoms with Crippen LogP contribution in [-0.2, 0) is 36.7 Å². The fraction of sp³-hybridized carbons (Fsp3) is 0.422. The standard InChI is InChI=1S/C32H32NS.C13H24O2.Ir/c1-31(2,3)20-21-11-12-29-25(15-21)19-30(34-29)23-13-14-33-28(18-23)24-16-22-9-7-8-10-26(22)27(17-24)32(4,5)6;1-5-10(6-2)12(14)9-13(15)11(7-3)8-4;/h7-15,17-19H,20H2,1-6H3;9-11,14H,5-8H2,1-4H3;/q-1;;/b;12-9-;. The zero-order valence-electron chi connectivity index (χ0n) is 31.7. The number of aliphatic hydroxyl groups is 1.